The van der Waals surface area contributed by atoms with Gasteiger partial charge in [0.1, 0.15) is 6.67 Å². The number of nitrogens with one attached hydrogen (secondary N) is 1. The van der Waals surface area contributed by atoms with Crippen molar-refractivity contribution in [2.45, 2.75) is 13.0 Å². The van der Waals surface area contributed by atoms with E-state index in [4.69, 9.17) is 5.11 Å². The summed E-state index contributed by atoms with van der Waals surface area (Å²) in [6, 6.07) is -0.360. The quantitative estimate of drug-likeness (QED) is 0.571. The highest BCUT2D eigenvalue weighted by Crippen LogP contribution is 1.79. The van der Waals surface area contributed by atoms with Gasteiger partial charge in [0.2, 0.25) is 0 Å². The molecule has 0 radical (unpaired) electrons. The fourth-order valence-corrected chi connectivity index (χ4v) is 0.316. The summed E-state index contributed by atoms with van der Waals surface area (Å²) in [5.41, 5.74) is 0. The Labute approximate surface area is 52.9 Å². The molecule has 0 aromatic carbocycles. The van der Waals surface area contributed by atoms with Gasteiger partial charge in [0, 0.05) is 6.04 Å². The van der Waals surface area contributed by atoms with E-state index in [1.54, 1.807) is 6.92 Å². The molecule has 0 aliphatic rings. The summed E-state index contributed by atoms with van der Waals surface area (Å²) in [5.74, 6) is -0.963. The number of aliphatic carboxylic acids is 1. The van der Waals surface area contributed by atoms with E-state index in [1.807, 2.05) is 0 Å². The van der Waals surface area contributed by atoms with Crippen molar-refractivity contribution in [3.8, 4) is 0 Å². The average Bonchev–Trinajstić information content (AvgIpc) is 1.83. The number of carbonyl (C=O) groups is 1. The Balaban J connectivity index is 3.16. The minimum Gasteiger partial charge on any atom is -0.480 e. The zero-order valence-corrected chi connectivity index (χ0v) is 5.22. The number of hydrogen-bond donors (Lipinski definition) is 2. The smallest absolute Gasteiger partial charge is 0.317 e. The average molecular weight is 135 g/mol. The normalized spacial score (nSPS) is 13.1. The van der Waals surface area contributed by atoms with Crippen molar-refractivity contribution in [1.29, 1.82) is 0 Å². The van der Waals surface area contributed by atoms with E-state index in [0.29, 0.717) is 0 Å². The second-order valence-electron chi connectivity index (χ2n) is 1.83. The maximum absolute atomic E-state index is 11.6. The van der Waals surface area contributed by atoms with Crippen LogP contribution in [0.15, 0.2) is 0 Å². The lowest BCUT2D eigenvalue weighted by Crippen LogP contribution is -2.32. The molecule has 0 aromatic rings. The Morgan fingerprint density at radius 3 is 2.78 bits per heavy atom. The van der Waals surface area contributed by atoms with Crippen LogP contribution in [0.1, 0.15) is 6.92 Å². The highest BCUT2D eigenvalue weighted by atomic mass is 19.1. The van der Waals surface area contributed by atoms with Gasteiger partial charge in [0.15, 0.2) is 0 Å². The topological polar surface area (TPSA) is 49.3 Å². The summed E-state index contributed by atoms with van der Waals surface area (Å²) >= 11 is 0. The molecule has 0 saturated heterocycles. The lowest BCUT2D eigenvalue weighted by molar-refractivity contribution is -0.136. The second-order valence-corrected chi connectivity index (χ2v) is 1.83. The summed E-state index contributed by atoms with van der Waals surface area (Å²) in [5, 5.41) is 10.5. The van der Waals surface area contributed by atoms with Gasteiger partial charge in [-0.2, -0.15) is 0 Å². The molecule has 0 amide bonds. The van der Waals surface area contributed by atoms with Crippen LogP contribution in [0.4, 0.5) is 4.39 Å². The molecule has 1 atom stereocenters. The number of hydrogen-bond acceptors (Lipinski definition) is 2. The van der Waals surface area contributed by atoms with Crippen LogP contribution in [-0.2, 0) is 4.79 Å². The van der Waals surface area contributed by atoms with E-state index in [9.17, 15) is 9.18 Å². The van der Waals surface area contributed by atoms with E-state index in [0.717, 1.165) is 0 Å². The SMILES string of the molecule is CC(CF)NCC(=O)O. The minimum atomic E-state index is -0.963. The summed E-state index contributed by atoms with van der Waals surface area (Å²) < 4.78 is 11.6. The fourth-order valence-electron chi connectivity index (χ4n) is 0.316. The van der Waals surface area contributed by atoms with Crippen LogP contribution in [0.3, 0.4) is 0 Å². The third kappa shape index (κ3) is 5.23. The predicted octanol–water partition coefficient (Wildman–Crippen LogP) is 0.0186. The Kier molecular flexibility index (Phi) is 3.96. The van der Waals surface area contributed by atoms with Crippen molar-refractivity contribution in [2.24, 2.45) is 0 Å². The zero-order chi connectivity index (χ0) is 7.28. The van der Waals surface area contributed by atoms with Crippen LogP contribution in [0.2, 0.25) is 0 Å². The molecule has 4 heteroatoms. The molecular weight excluding hydrogens is 125 g/mol. The molecule has 0 rings (SSSR count). The molecule has 0 heterocycles. The zero-order valence-electron chi connectivity index (χ0n) is 5.22. The van der Waals surface area contributed by atoms with Crippen LogP contribution in [0.5, 0.6) is 0 Å². The Morgan fingerprint density at radius 2 is 2.44 bits per heavy atom. The molecule has 0 aliphatic heterocycles. The lowest BCUT2D eigenvalue weighted by Gasteiger charge is -2.04. The molecule has 54 valence electrons. The van der Waals surface area contributed by atoms with E-state index in [1.165, 1.54) is 0 Å². The molecular formula is C5H10FNO2. The molecule has 1 unspecified atom stereocenters. The fraction of sp³-hybridized carbons (Fsp3) is 0.800. The van der Waals surface area contributed by atoms with Gasteiger partial charge in [-0.25, -0.2) is 4.39 Å². The number of carboxylic acids is 1. The second kappa shape index (κ2) is 4.26. The van der Waals surface area contributed by atoms with Gasteiger partial charge in [0.25, 0.3) is 0 Å². The van der Waals surface area contributed by atoms with Gasteiger partial charge in [-0.1, -0.05) is 0 Å². The Morgan fingerprint density at radius 1 is 1.89 bits per heavy atom. The largest absolute Gasteiger partial charge is 0.480 e. The van der Waals surface area contributed by atoms with Gasteiger partial charge < -0.3 is 10.4 Å². The van der Waals surface area contributed by atoms with Gasteiger partial charge in [-0.15, -0.1) is 0 Å². The molecule has 0 aliphatic carbocycles. The molecule has 0 aromatic heterocycles. The van der Waals surface area contributed by atoms with E-state index < -0.39 is 12.6 Å². The molecule has 9 heavy (non-hydrogen) atoms. The van der Waals surface area contributed by atoms with Gasteiger partial charge in [-0.05, 0) is 6.92 Å². The Hall–Kier alpha value is -0.640. The molecule has 0 fully saturated rings. The van der Waals surface area contributed by atoms with Crippen LogP contribution in [0, 0.1) is 0 Å². The summed E-state index contributed by atoms with van der Waals surface area (Å²) in [7, 11) is 0. The van der Waals surface area contributed by atoms with Gasteiger partial charge in [-0.3, -0.25) is 4.79 Å². The first-order valence-corrected chi connectivity index (χ1v) is 2.68. The first-order valence-electron chi connectivity index (χ1n) is 2.68. The van der Waals surface area contributed by atoms with Crippen molar-refractivity contribution in [3.63, 3.8) is 0 Å². The van der Waals surface area contributed by atoms with Crippen LogP contribution in [0.25, 0.3) is 0 Å². The third-order valence-corrected chi connectivity index (χ3v) is 0.833. The summed E-state index contributed by atoms with van der Waals surface area (Å²) in [6.07, 6.45) is 0. The van der Waals surface area contributed by atoms with Gasteiger partial charge in [0.05, 0.1) is 6.54 Å². The van der Waals surface area contributed by atoms with Crippen molar-refractivity contribution in [3.05, 3.63) is 0 Å². The summed E-state index contributed by atoms with van der Waals surface area (Å²) in [6.45, 7) is 0.876. The highest BCUT2D eigenvalue weighted by Gasteiger charge is 2.01. The van der Waals surface area contributed by atoms with E-state index in [2.05, 4.69) is 5.32 Å². The third-order valence-electron chi connectivity index (χ3n) is 0.833. The highest BCUT2D eigenvalue weighted by molar-refractivity contribution is 5.69. The van der Waals surface area contributed by atoms with Crippen molar-refractivity contribution >= 4 is 5.97 Å². The number of rotatable bonds is 4. The first-order chi connectivity index (χ1) is 4.16. The summed E-state index contributed by atoms with van der Waals surface area (Å²) in [4.78, 5) is 9.83. The monoisotopic (exact) mass is 135 g/mol. The molecule has 0 bridgehead atoms. The van der Waals surface area contributed by atoms with Crippen molar-refractivity contribution < 1.29 is 14.3 Å². The van der Waals surface area contributed by atoms with Gasteiger partial charge >= 0.3 is 5.97 Å². The molecule has 2 N–H and O–H groups in total. The maximum atomic E-state index is 11.6. The number of alkyl halides is 1. The molecule has 3 nitrogen and oxygen atoms in total. The predicted molar refractivity (Wildman–Crippen MR) is 31.1 cm³/mol. The number of carboxylic acid groups (broad SMARTS) is 1. The number of halogens is 1. The van der Waals surface area contributed by atoms with Crippen LogP contribution >= 0.6 is 0 Å². The lowest BCUT2D eigenvalue weighted by atomic mass is 10.4. The van der Waals surface area contributed by atoms with Crippen molar-refractivity contribution in [2.75, 3.05) is 13.2 Å². The first kappa shape index (κ1) is 8.36. The molecule has 0 saturated carbocycles. The van der Waals surface area contributed by atoms with E-state index >= 15 is 0 Å². The van der Waals surface area contributed by atoms with Crippen molar-refractivity contribution in [1.82, 2.24) is 5.32 Å². The van der Waals surface area contributed by atoms with Crippen LogP contribution in [-0.4, -0.2) is 30.3 Å². The minimum absolute atomic E-state index is 0.176. The maximum Gasteiger partial charge on any atom is 0.317 e. The standard InChI is InChI=1S/C5H10FNO2/c1-4(2-6)7-3-5(8)9/h4,7H,2-3H2,1H3,(H,8,9). The van der Waals surface area contributed by atoms with Crippen LogP contribution < -0.4 is 5.32 Å². The van der Waals surface area contributed by atoms with E-state index in [-0.39, 0.29) is 12.6 Å². The Bertz CT molecular complexity index is 97.0. The molecule has 0 spiro atoms.